The van der Waals surface area contributed by atoms with Crippen molar-refractivity contribution in [2.75, 3.05) is 6.61 Å². The van der Waals surface area contributed by atoms with Gasteiger partial charge in [-0.1, -0.05) is 97.1 Å². The van der Waals surface area contributed by atoms with E-state index >= 15 is 0 Å². The summed E-state index contributed by atoms with van der Waals surface area (Å²) in [6.45, 7) is 2.50. The summed E-state index contributed by atoms with van der Waals surface area (Å²) in [4.78, 5) is 25.1. The lowest BCUT2D eigenvalue weighted by atomic mass is 9.88. The number of hydrogen-bond donors (Lipinski definition) is 2. The zero-order chi connectivity index (χ0) is 36.5. The third-order valence-corrected chi connectivity index (χ3v) is 10.2. The van der Waals surface area contributed by atoms with Gasteiger partial charge in [-0.3, -0.25) is 9.59 Å². The predicted octanol–water partition coefficient (Wildman–Crippen LogP) is 7.42. The number of benzene rings is 5. The third kappa shape index (κ3) is 6.98. The molecule has 8 rings (SSSR count). The fourth-order valence-corrected chi connectivity index (χ4v) is 7.65. The normalized spacial score (nSPS) is 23.3. The maximum Gasteiger partial charge on any atom is 0.310 e. The van der Waals surface area contributed by atoms with Crippen molar-refractivity contribution in [2.45, 2.75) is 76.2 Å². The molecule has 0 spiro atoms. The molecule has 5 aromatic rings. The highest BCUT2D eigenvalue weighted by atomic mass is 16.6. The van der Waals surface area contributed by atoms with Gasteiger partial charge >= 0.3 is 5.97 Å². The lowest BCUT2D eigenvalue weighted by molar-refractivity contribution is -0.222. The molecule has 2 N–H and O–H groups in total. The van der Waals surface area contributed by atoms with Crippen LogP contribution in [0.15, 0.2) is 103 Å². The zero-order valence-corrected chi connectivity index (χ0v) is 29.2. The predicted molar refractivity (Wildman–Crippen MR) is 194 cm³/mol. The van der Waals surface area contributed by atoms with Crippen molar-refractivity contribution < 1.29 is 48.2 Å². The maximum atomic E-state index is 13.0. The van der Waals surface area contributed by atoms with E-state index in [9.17, 15) is 19.8 Å². The Morgan fingerprint density at radius 3 is 2.04 bits per heavy atom. The molecular weight excluding hydrogens is 676 g/mol. The quantitative estimate of drug-likeness (QED) is 0.0994. The summed E-state index contributed by atoms with van der Waals surface area (Å²) in [7, 11) is 0. The fraction of sp³-hybridized carbons (Fsp3) is 0.302. The first kappa shape index (κ1) is 34.8. The van der Waals surface area contributed by atoms with Crippen LogP contribution in [0.3, 0.4) is 0 Å². The number of hydrogen-bond acceptors (Lipinski definition) is 10. The van der Waals surface area contributed by atoms with E-state index in [-0.39, 0.29) is 29.7 Å². The standard InChI is InChI=1S/C43H40O10/c1-25(44)36-38-41(52-33-20-35(45)53-43(33)38)30-18-17-29(39(46)37(30)40(36)47)31-19-32(49-22-27-13-7-3-8-14-27)42(50-23-28-15-9-4-10-16-28)34(51-31)24-48-21-26-11-5-2-6-12-26/h2-18,31-34,42-43,46-47H,19-24H2,1H3/t31-,32-,33+,34-,42+,43-/m1/s1. The Bertz CT molecular complexity index is 2100. The largest absolute Gasteiger partial charge is 0.507 e. The van der Waals surface area contributed by atoms with Crippen LogP contribution in [0.5, 0.6) is 17.2 Å². The van der Waals surface area contributed by atoms with E-state index < -0.39 is 54.1 Å². The number of carbonyl (C=O) groups excluding carboxylic acids is 2. The number of carbonyl (C=O) groups is 2. The van der Waals surface area contributed by atoms with E-state index in [1.165, 1.54) is 6.92 Å². The number of Topliss-reactive ketones (excluding diaryl/α,β-unsaturated/α-hetero) is 1. The minimum absolute atomic E-state index is 0.0184. The highest BCUT2D eigenvalue weighted by Gasteiger charge is 2.49. The number of ether oxygens (including phenoxy) is 6. The van der Waals surface area contributed by atoms with Crippen molar-refractivity contribution in [3.05, 3.63) is 137 Å². The summed E-state index contributed by atoms with van der Waals surface area (Å²) in [6, 6.07) is 33.1. The SMILES string of the molecule is CC(=O)c1c2c(c3ccc([C@H]4C[C@@H](OCc5ccccc5)[C@H](OCc5ccccc5)[C@@H](COCc5ccccc5)O4)c(O)c3c1O)O[C@H]1CC(=O)O[C@@H]21. The molecule has 0 unspecified atom stereocenters. The van der Waals surface area contributed by atoms with Crippen LogP contribution in [-0.4, -0.2) is 53.0 Å². The number of phenols is 2. The van der Waals surface area contributed by atoms with E-state index in [1.807, 2.05) is 91.0 Å². The monoisotopic (exact) mass is 716 g/mol. The maximum absolute atomic E-state index is 13.0. The Balaban J connectivity index is 1.16. The number of fused-ring (bicyclic) bond motifs is 5. The highest BCUT2D eigenvalue weighted by Crippen LogP contribution is 2.55. The van der Waals surface area contributed by atoms with Gasteiger partial charge in [-0.15, -0.1) is 0 Å². The van der Waals surface area contributed by atoms with Crippen molar-refractivity contribution >= 4 is 22.5 Å². The highest BCUT2D eigenvalue weighted by molar-refractivity contribution is 6.10. The number of rotatable bonds is 12. The topological polar surface area (TPSA) is 130 Å². The second-order valence-electron chi connectivity index (χ2n) is 13.7. The van der Waals surface area contributed by atoms with Crippen molar-refractivity contribution in [3.63, 3.8) is 0 Å². The number of aromatic hydroxyl groups is 2. The van der Waals surface area contributed by atoms with Crippen molar-refractivity contribution in [2.24, 2.45) is 0 Å². The summed E-state index contributed by atoms with van der Waals surface area (Å²) < 4.78 is 37.9. The van der Waals surface area contributed by atoms with Gasteiger partial charge < -0.3 is 38.6 Å². The Hall–Kier alpha value is -5.26. The summed E-state index contributed by atoms with van der Waals surface area (Å²) in [6.07, 6.45) is -3.47. The molecule has 2 fully saturated rings. The number of phenolic OH excluding ortho intramolecular Hbond substituents is 2. The Morgan fingerprint density at radius 1 is 0.774 bits per heavy atom. The summed E-state index contributed by atoms with van der Waals surface area (Å²) >= 11 is 0. The molecule has 0 aliphatic carbocycles. The lowest BCUT2D eigenvalue weighted by Gasteiger charge is -2.42. The summed E-state index contributed by atoms with van der Waals surface area (Å²) in [5.74, 6) is -1.23. The first-order valence-electron chi connectivity index (χ1n) is 17.8. The van der Waals surface area contributed by atoms with Crippen LogP contribution in [-0.2, 0) is 48.3 Å². The average Bonchev–Trinajstić information content (AvgIpc) is 3.71. The minimum Gasteiger partial charge on any atom is -0.507 e. The summed E-state index contributed by atoms with van der Waals surface area (Å²) in [5.41, 5.74) is 3.68. The van der Waals surface area contributed by atoms with E-state index in [0.717, 1.165) is 16.7 Å². The second kappa shape index (κ2) is 15.0. The molecule has 0 radical (unpaired) electrons. The molecule has 0 bridgehead atoms. The zero-order valence-electron chi connectivity index (χ0n) is 29.2. The average molecular weight is 717 g/mol. The molecule has 6 atom stereocenters. The molecule has 0 aromatic heterocycles. The van der Waals surface area contributed by atoms with Gasteiger partial charge in [0.2, 0.25) is 0 Å². The van der Waals surface area contributed by atoms with Crippen molar-refractivity contribution in [1.82, 2.24) is 0 Å². The van der Waals surface area contributed by atoms with Crippen LogP contribution in [0.1, 0.15) is 70.1 Å². The van der Waals surface area contributed by atoms with Gasteiger partial charge in [0.15, 0.2) is 18.0 Å². The molecule has 3 heterocycles. The molecule has 0 saturated carbocycles. The molecule has 2 saturated heterocycles. The molecule has 10 nitrogen and oxygen atoms in total. The molecule has 10 heteroatoms. The molecule has 53 heavy (non-hydrogen) atoms. The number of ketones is 1. The van der Waals surface area contributed by atoms with Crippen LogP contribution in [0, 0.1) is 0 Å². The van der Waals surface area contributed by atoms with Crippen LogP contribution in [0.25, 0.3) is 10.8 Å². The number of esters is 1. The van der Waals surface area contributed by atoms with Gasteiger partial charge in [-0.25, -0.2) is 0 Å². The fourth-order valence-electron chi connectivity index (χ4n) is 7.65. The molecule has 272 valence electrons. The van der Waals surface area contributed by atoms with Crippen molar-refractivity contribution in [1.29, 1.82) is 0 Å². The third-order valence-electron chi connectivity index (χ3n) is 10.2. The van der Waals surface area contributed by atoms with E-state index in [0.29, 0.717) is 48.5 Å². The van der Waals surface area contributed by atoms with Gasteiger partial charge in [0.25, 0.3) is 0 Å². The molecule has 3 aliphatic rings. The van der Waals surface area contributed by atoms with E-state index in [1.54, 1.807) is 12.1 Å². The van der Waals surface area contributed by atoms with Gasteiger partial charge in [-0.05, 0) is 29.7 Å². The van der Waals surface area contributed by atoms with Gasteiger partial charge in [0.05, 0.1) is 61.6 Å². The van der Waals surface area contributed by atoms with Crippen LogP contribution in [0.4, 0.5) is 0 Å². The van der Waals surface area contributed by atoms with E-state index in [2.05, 4.69) is 0 Å². The Morgan fingerprint density at radius 2 is 1.40 bits per heavy atom. The van der Waals surface area contributed by atoms with Crippen molar-refractivity contribution in [3.8, 4) is 17.2 Å². The lowest BCUT2D eigenvalue weighted by Crippen LogP contribution is -2.50. The van der Waals surface area contributed by atoms with E-state index in [4.69, 9.17) is 28.4 Å². The van der Waals surface area contributed by atoms with Crippen LogP contribution < -0.4 is 4.74 Å². The van der Waals surface area contributed by atoms with Crippen LogP contribution in [0.2, 0.25) is 0 Å². The molecular formula is C43H40O10. The first-order chi connectivity index (χ1) is 25.9. The second-order valence-corrected chi connectivity index (χ2v) is 13.7. The molecule has 5 aromatic carbocycles. The molecule has 3 aliphatic heterocycles. The smallest absolute Gasteiger partial charge is 0.310 e. The Labute approximate surface area is 306 Å². The van der Waals surface area contributed by atoms with Gasteiger partial charge in [-0.2, -0.15) is 0 Å². The Kier molecular flexibility index (Phi) is 9.85. The van der Waals surface area contributed by atoms with Gasteiger partial charge in [0.1, 0.15) is 29.5 Å². The molecule has 0 amide bonds. The van der Waals surface area contributed by atoms with Crippen LogP contribution >= 0.6 is 0 Å². The summed E-state index contributed by atoms with van der Waals surface area (Å²) in [5, 5.41) is 24.1. The minimum atomic E-state index is -0.817. The first-order valence-corrected chi connectivity index (χ1v) is 17.8. The van der Waals surface area contributed by atoms with Gasteiger partial charge in [0, 0.05) is 17.4 Å².